The number of rotatable bonds is 6. The first-order valence-corrected chi connectivity index (χ1v) is 7.65. The molecule has 22 heavy (non-hydrogen) atoms. The molecule has 0 bridgehead atoms. The van der Waals surface area contributed by atoms with Crippen molar-refractivity contribution in [3.63, 3.8) is 0 Å². The van der Waals surface area contributed by atoms with Crippen molar-refractivity contribution in [3.05, 3.63) is 42.0 Å². The molecule has 1 atom stereocenters. The summed E-state index contributed by atoms with van der Waals surface area (Å²) >= 11 is 0. The number of nitrogens with zero attached hydrogens (tertiary/aromatic N) is 1. The van der Waals surface area contributed by atoms with Gasteiger partial charge in [0.2, 0.25) is 5.91 Å². The van der Waals surface area contributed by atoms with Crippen LogP contribution in [0.5, 0.6) is 0 Å². The van der Waals surface area contributed by atoms with Crippen LogP contribution in [0.2, 0.25) is 0 Å². The van der Waals surface area contributed by atoms with Crippen molar-refractivity contribution in [2.45, 2.75) is 13.0 Å². The fourth-order valence-electron chi connectivity index (χ4n) is 2.40. The largest absolute Gasteiger partial charge is 0.390 e. The number of carbonyl (C=O) groups excluding carboxylic acids is 1. The van der Waals surface area contributed by atoms with E-state index in [2.05, 4.69) is 10.2 Å². The third kappa shape index (κ3) is 5.60. The van der Waals surface area contributed by atoms with Crippen LogP contribution in [-0.4, -0.2) is 61.4 Å². The molecule has 1 fully saturated rings. The van der Waals surface area contributed by atoms with E-state index in [0.29, 0.717) is 19.8 Å². The summed E-state index contributed by atoms with van der Waals surface area (Å²) in [6, 6.07) is 9.75. The second-order valence-corrected chi connectivity index (χ2v) is 5.51. The Balaban J connectivity index is 1.74. The number of amides is 1. The zero-order valence-corrected chi connectivity index (χ0v) is 13.0. The van der Waals surface area contributed by atoms with Crippen LogP contribution in [0.1, 0.15) is 12.5 Å². The van der Waals surface area contributed by atoms with Crippen molar-refractivity contribution in [2.75, 3.05) is 39.4 Å². The standard InChI is InChI=1S/C17H24N2O3/c1-14(15-5-3-2-4-6-15)11-17(21)18-12-16(20)13-19-7-9-22-10-8-19/h2-6,11,16,20H,7-10,12-13H2,1H3,(H,18,21)/b14-11-. The number of allylic oxidation sites excluding steroid dienone is 1. The predicted octanol–water partition coefficient (Wildman–Crippen LogP) is 0.899. The Morgan fingerprint density at radius 1 is 1.36 bits per heavy atom. The van der Waals surface area contributed by atoms with Gasteiger partial charge in [-0.05, 0) is 18.1 Å². The molecule has 5 heteroatoms. The van der Waals surface area contributed by atoms with Gasteiger partial charge in [-0.1, -0.05) is 30.3 Å². The lowest BCUT2D eigenvalue weighted by atomic mass is 10.1. The molecule has 2 N–H and O–H groups in total. The van der Waals surface area contributed by atoms with Gasteiger partial charge in [-0.25, -0.2) is 0 Å². The maximum Gasteiger partial charge on any atom is 0.244 e. The highest BCUT2D eigenvalue weighted by atomic mass is 16.5. The van der Waals surface area contributed by atoms with Gasteiger partial charge >= 0.3 is 0 Å². The number of morpholine rings is 1. The molecule has 0 spiro atoms. The number of nitrogens with one attached hydrogen (secondary N) is 1. The number of hydrogen-bond acceptors (Lipinski definition) is 4. The van der Waals surface area contributed by atoms with Crippen LogP contribution >= 0.6 is 0 Å². The average Bonchev–Trinajstić information content (AvgIpc) is 2.55. The van der Waals surface area contributed by atoms with Crippen LogP contribution in [0.3, 0.4) is 0 Å². The van der Waals surface area contributed by atoms with E-state index < -0.39 is 6.10 Å². The van der Waals surface area contributed by atoms with Crippen LogP contribution in [0.25, 0.3) is 5.57 Å². The number of carbonyl (C=O) groups is 1. The van der Waals surface area contributed by atoms with Gasteiger partial charge < -0.3 is 15.2 Å². The quantitative estimate of drug-likeness (QED) is 0.767. The fraction of sp³-hybridized carbons (Fsp3) is 0.471. The zero-order chi connectivity index (χ0) is 15.8. The Morgan fingerprint density at radius 3 is 2.73 bits per heavy atom. The third-order valence-electron chi connectivity index (χ3n) is 3.66. The van der Waals surface area contributed by atoms with Gasteiger partial charge in [0, 0.05) is 32.3 Å². The molecular formula is C17H24N2O3. The number of benzene rings is 1. The minimum absolute atomic E-state index is 0.178. The highest BCUT2D eigenvalue weighted by Crippen LogP contribution is 2.12. The summed E-state index contributed by atoms with van der Waals surface area (Å²) in [5.41, 5.74) is 1.92. The molecule has 2 rings (SSSR count). The maximum atomic E-state index is 11.9. The molecule has 1 unspecified atom stereocenters. The van der Waals surface area contributed by atoms with Gasteiger partial charge in [0.25, 0.3) is 0 Å². The summed E-state index contributed by atoms with van der Waals surface area (Å²) in [5.74, 6) is -0.178. The Morgan fingerprint density at radius 2 is 2.05 bits per heavy atom. The molecule has 5 nitrogen and oxygen atoms in total. The van der Waals surface area contributed by atoms with E-state index >= 15 is 0 Å². The minimum Gasteiger partial charge on any atom is -0.390 e. The van der Waals surface area contributed by atoms with E-state index in [1.54, 1.807) is 6.08 Å². The van der Waals surface area contributed by atoms with Crippen molar-refractivity contribution < 1.29 is 14.6 Å². The fourth-order valence-corrected chi connectivity index (χ4v) is 2.40. The highest BCUT2D eigenvalue weighted by Gasteiger charge is 2.15. The first kappa shape index (κ1) is 16.7. The van der Waals surface area contributed by atoms with Crippen molar-refractivity contribution in [2.24, 2.45) is 0 Å². The summed E-state index contributed by atoms with van der Waals surface area (Å²) < 4.78 is 5.26. The van der Waals surface area contributed by atoms with Crippen LogP contribution in [0.4, 0.5) is 0 Å². The molecule has 1 heterocycles. The van der Waals surface area contributed by atoms with E-state index in [-0.39, 0.29) is 12.5 Å². The van der Waals surface area contributed by atoms with E-state index in [1.807, 2.05) is 37.3 Å². The van der Waals surface area contributed by atoms with E-state index in [0.717, 1.165) is 24.2 Å². The minimum atomic E-state index is -0.563. The predicted molar refractivity (Wildman–Crippen MR) is 86.4 cm³/mol. The molecule has 120 valence electrons. The summed E-state index contributed by atoms with van der Waals surface area (Å²) in [6.45, 7) is 5.80. The SMILES string of the molecule is C/C(=C/C(=O)NCC(O)CN1CCOCC1)c1ccccc1. The molecule has 0 aliphatic carbocycles. The van der Waals surface area contributed by atoms with Gasteiger partial charge in [-0.2, -0.15) is 0 Å². The number of ether oxygens (including phenoxy) is 1. The molecule has 0 aromatic heterocycles. The Labute approximate surface area is 131 Å². The lowest BCUT2D eigenvalue weighted by molar-refractivity contribution is -0.117. The van der Waals surface area contributed by atoms with E-state index in [4.69, 9.17) is 4.74 Å². The third-order valence-corrected chi connectivity index (χ3v) is 3.66. The van der Waals surface area contributed by atoms with Crippen LogP contribution in [0, 0.1) is 0 Å². The van der Waals surface area contributed by atoms with Crippen molar-refractivity contribution in [1.29, 1.82) is 0 Å². The van der Waals surface area contributed by atoms with Crippen molar-refractivity contribution in [1.82, 2.24) is 10.2 Å². The number of hydrogen-bond donors (Lipinski definition) is 2. The second kappa shape index (κ2) is 8.68. The summed E-state index contributed by atoms with van der Waals surface area (Å²) in [7, 11) is 0. The lowest BCUT2D eigenvalue weighted by Gasteiger charge is -2.28. The number of β-amino-alcohol motifs (C(OH)–C–C–N with tert-alkyl or cyclic N) is 1. The number of aliphatic hydroxyl groups excluding tert-OH is 1. The first-order valence-electron chi connectivity index (χ1n) is 7.65. The summed E-state index contributed by atoms with van der Waals surface area (Å²) in [4.78, 5) is 14.0. The van der Waals surface area contributed by atoms with Gasteiger partial charge in [0.15, 0.2) is 0 Å². The van der Waals surface area contributed by atoms with Crippen LogP contribution < -0.4 is 5.32 Å². The highest BCUT2D eigenvalue weighted by molar-refractivity contribution is 5.94. The first-order chi connectivity index (χ1) is 10.6. The molecule has 1 aliphatic heterocycles. The Kier molecular flexibility index (Phi) is 6.58. The summed E-state index contributed by atoms with van der Waals surface area (Å²) in [6.07, 6.45) is 1.00. The van der Waals surface area contributed by atoms with Gasteiger partial charge in [-0.15, -0.1) is 0 Å². The summed E-state index contributed by atoms with van der Waals surface area (Å²) in [5, 5.41) is 12.7. The molecule has 1 amide bonds. The zero-order valence-electron chi connectivity index (χ0n) is 13.0. The van der Waals surface area contributed by atoms with Crippen LogP contribution in [0.15, 0.2) is 36.4 Å². The number of aliphatic hydroxyl groups is 1. The monoisotopic (exact) mass is 304 g/mol. The smallest absolute Gasteiger partial charge is 0.244 e. The average molecular weight is 304 g/mol. The Bertz CT molecular complexity index is 496. The molecule has 0 saturated carbocycles. The van der Waals surface area contributed by atoms with Crippen LogP contribution in [-0.2, 0) is 9.53 Å². The molecule has 1 aromatic carbocycles. The normalized spacial score (nSPS) is 18.0. The van der Waals surface area contributed by atoms with Gasteiger partial charge in [0.1, 0.15) is 0 Å². The molecule has 1 saturated heterocycles. The lowest BCUT2D eigenvalue weighted by Crippen LogP contribution is -2.44. The van der Waals surface area contributed by atoms with Crippen molar-refractivity contribution >= 4 is 11.5 Å². The Hall–Kier alpha value is -1.69. The van der Waals surface area contributed by atoms with Gasteiger partial charge in [-0.3, -0.25) is 9.69 Å². The molecular weight excluding hydrogens is 280 g/mol. The van der Waals surface area contributed by atoms with E-state index in [9.17, 15) is 9.90 Å². The van der Waals surface area contributed by atoms with Gasteiger partial charge in [0.05, 0.1) is 19.3 Å². The molecule has 1 aromatic rings. The maximum absolute atomic E-state index is 11.9. The topological polar surface area (TPSA) is 61.8 Å². The molecule has 1 aliphatic rings. The van der Waals surface area contributed by atoms with Crippen molar-refractivity contribution in [3.8, 4) is 0 Å². The van der Waals surface area contributed by atoms with E-state index in [1.165, 1.54) is 0 Å². The molecule has 0 radical (unpaired) electrons. The second-order valence-electron chi connectivity index (χ2n) is 5.51.